The van der Waals surface area contributed by atoms with E-state index >= 15 is 0 Å². The minimum Gasteiger partial charge on any atom is -0.367 e. The van der Waals surface area contributed by atoms with E-state index in [1.165, 1.54) is 32.1 Å². The summed E-state index contributed by atoms with van der Waals surface area (Å²) in [5.74, 6) is 2.16. The average molecular weight is 410 g/mol. The summed E-state index contributed by atoms with van der Waals surface area (Å²) in [4.78, 5) is 22.5. The molecular weight excluding hydrogens is 376 g/mol. The molecule has 0 radical (unpaired) electrons. The van der Waals surface area contributed by atoms with Crippen molar-refractivity contribution < 1.29 is 4.87 Å². The van der Waals surface area contributed by atoms with Crippen LogP contribution in [0.3, 0.4) is 0 Å². The summed E-state index contributed by atoms with van der Waals surface area (Å²) in [6, 6.07) is 10.2. The van der Waals surface area contributed by atoms with Crippen molar-refractivity contribution in [2.45, 2.75) is 64.0 Å². The Kier molecular flexibility index (Phi) is 6.89. The first kappa shape index (κ1) is 20.7. The van der Waals surface area contributed by atoms with Crippen LogP contribution >= 0.6 is 0 Å². The number of rotatable bonds is 7. The van der Waals surface area contributed by atoms with Gasteiger partial charge in [0.2, 0.25) is 6.04 Å². The largest absolute Gasteiger partial charge is 0.367 e. The van der Waals surface area contributed by atoms with Gasteiger partial charge >= 0.3 is 0 Å². The van der Waals surface area contributed by atoms with E-state index in [2.05, 4.69) is 28.0 Å². The summed E-state index contributed by atoms with van der Waals surface area (Å²) in [5.41, 5.74) is 4.71. The zero-order chi connectivity index (χ0) is 20.8. The van der Waals surface area contributed by atoms with Crippen molar-refractivity contribution in [3.8, 4) is 11.3 Å². The molecule has 1 saturated carbocycles. The number of hydrogen-bond donors (Lipinski definition) is 3. The summed E-state index contributed by atoms with van der Waals surface area (Å²) >= 11 is 0. The Morgan fingerprint density at radius 2 is 1.97 bits per heavy atom. The number of hydrogen-bond acceptors (Lipinski definition) is 5. The van der Waals surface area contributed by atoms with Gasteiger partial charge in [-0.3, -0.25) is 0 Å². The molecule has 3 heterocycles. The van der Waals surface area contributed by atoms with Crippen LogP contribution in [0.2, 0.25) is 0 Å². The number of anilines is 2. The van der Waals surface area contributed by atoms with E-state index in [-0.39, 0.29) is 6.04 Å². The van der Waals surface area contributed by atoms with E-state index in [1.54, 1.807) is 6.20 Å². The van der Waals surface area contributed by atoms with Crippen molar-refractivity contribution in [3.05, 3.63) is 41.4 Å². The van der Waals surface area contributed by atoms with E-state index in [0.717, 1.165) is 47.2 Å². The van der Waals surface area contributed by atoms with Crippen LogP contribution < -0.4 is 16.1 Å². The molecule has 2 aromatic rings. The molecule has 1 saturated heterocycles. The van der Waals surface area contributed by atoms with Crippen LogP contribution in [0.5, 0.6) is 0 Å². The Hall–Kier alpha value is -2.54. The first-order chi connectivity index (χ1) is 14.7. The SMILES string of the molecule is C[C@H](Nc1cccc(-c2ccnc(N[N+](=O)C3CCCNC3)c2)n1)C1CCCCC1. The van der Waals surface area contributed by atoms with Crippen LogP contribution in [-0.2, 0) is 0 Å². The number of aromatic nitrogens is 2. The van der Waals surface area contributed by atoms with Crippen LogP contribution in [0.25, 0.3) is 11.3 Å². The van der Waals surface area contributed by atoms with E-state index in [0.29, 0.717) is 18.4 Å². The van der Waals surface area contributed by atoms with Gasteiger partial charge in [0.05, 0.1) is 17.1 Å². The third-order valence-electron chi connectivity index (χ3n) is 6.36. The molecule has 1 aliphatic carbocycles. The van der Waals surface area contributed by atoms with E-state index in [4.69, 9.17) is 4.98 Å². The summed E-state index contributed by atoms with van der Waals surface area (Å²) in [5, 5.41) is 6.87. The van der Waals surface area contributed by atoms with Crippen LogP contribution in [-0.4, -0.2) is 40.0 Å². The van der Waals surface area contributed by atoms with Gasteiger partial charge in [-0.2, -0.15) is 0 Å². The minimum absolute atomic E-state index is 0.0730. The van der Waals surface area contributed by atoms with Crippen molar-refractivity contribution in [3.63, 3.8) is 0 Å². The first-order valence-corrected chi connectivity index (χ1v) is 11.3. The zero-order valence-electron chi connectivity index (χ0n) is 17.8. The quantitative estimate of drug-likeness (QED) is 0.465. The molecule has 0 aromatic carbocycles. The molecule has 2 atom stereocenters. The number of pyridine rings is 2. The van der Waals surface area contributed by atoms with Gasteiger partial charge in [0.15, 0.2) is 5.82 Å². The molecule has 0 bridgehead atoms. The van der Waals surface area contributed by atoms with Crippen LogP contribution in [0.1, 0.15) is 51.9 Å². The Balaban J connectivity index is 1.43. The fourth-order valence-corrected chi connectivity index (χ4v) is 4.55. The van der Waals surface area contributed by atoms with Gasteiger partial charge < -0.3 is 10.6 Å². The highest BCUT2D eigenvalue weighted by molar-refractivity contribution is 5.64. The maximum Gasteiger partial charge on any atom is 0.247 e. The highest BCUT2D eigenvalue weighted by Crippen LogP contribution is 2.28. The predicted octanol–water partition coefficient (Wildman–Crippen LogP) is 4.38. The van der Waals surface area contributed by atoms with Crippen molar-refractivity contribution in [2.24, 2.45) is 5.92 Å². The van der Waals surface area contributed by atoms with Gasteiger partial charge in [-0.1, -0.05) is 25.3 Å². The van der Waals surface area contributed by atoms with Crippen LogP contribution in [0, 0.1) is 10.8 Å². The normalized spacial score (nSPS) is 21.0. The highest BCUT2D eigenvalue weighted by Gasteiger charge is 2.28. The van der Waals surface area contributed by atoms with E-state index in [1.807, 2.05) is 30.3 Å². The van der Waals surface area contributed by atoms with Crippen LogP contribution in [0.4, 0.5) is 11.6 Å². The predicted molar refractivity (Wildman–Crippen MR) is 120 cm³/mol. The summed E-state index contributed by atoms with van der Waals surface area (Å²) < 4.78 is 0. The number of piperidine rings is 1. The lowest BCUT2D eigenvalue weighted by atomic mass is 9.84. The second-order valence-corrected chi connectivity index (χ2v) is 8.61. The third-order valence-corrected chi connectivity index (χ3v) is 6.36. The second kappa shape index (κ2) is 9.98. The van der Waals surface area contributed by atoms with Gasteiger partial charge in [-0.15, -0.1) is 5.43 Å². The molecule has 7 heteroatoms. The number of nitroso groups, excluding NO2 is 1. The lowest BCUT2D eigenvalue weighted by Gasteiger charge is -2.28. The van der Waals surface area contributed by atoms with Gasteiger partial charge in [0, 0.05) is 24.2 Å². The maximum atomic E-state index is 12.4. The monoisotopic (exact) mass is 409 g/mol. The highest BCUT2D eigenvalue weighted by atomic mass is 16.3. The summed E-state index contributed by atoms with van der Waals surface area (Å²) in [7, 11) is 0. The summed E-state index contributed by atoms with van der Waals surface area (Å²) in [6.45, 7) is 3.94. The molecule has 0 amide bonds. The van der Waals surface area contributed by atoms with Crippen molar-refractivity contribution in [1.82, 2.24) is 15.3 Å². The molecule has 160 valence electrons. The number of nitrogens with zero attached hydrogens (tertiary/aromatic N) is 3. The molecule has 1 aliphatic heterocycles. The second-order valence-electron chi connectivity index (χ2n) is 8.61. The molecule has 4 rings (SSSR count). The molecule has 2 fully saturated rings. The van der Waals surface area contributed by atoms with Crippen LogP contribution in [0.15, 0.2) is 36.5 Å². The summed E-state index contributed by atoms with van der Waals surface area (Å²) in [6.07, 6.45) is 10.3. The topological polar surface area (TPSA) is 82.0 Å². The fraction of sp³-hybridized carbons (Fsp3) is 0.565. The first-order valence-electron chi connectivity index (χ1n) is 11.3. The molecule has 7 nitrogen and oxygen atoms in total. The van der Waals surface area contributed by atoms with Crippen molar-refractivity contribution in [2.75, 3.05) is 23.8 Å². The average Bonchev–Trinajstić information content (AvgIpc) is 2.80. The Labute approximate surface area is 178 Å². The zero-order valence-corrected chi connectivity index (χ0v) is 17.8. The lowest BCUT2D eigenvalue weighted by Crippen LogP contribution is -2.42. The molecule has 0 spiro atoms. The van der Waals surface area contributed by atoms with E-state index < -0.39 is 0 Å². The van der Waals surface area contributed by atoms with Gasteiger partial charge in [-0.25, -0.2) is 9.97 Å². The Bertz CT molecular complexity index is 845. The molecule has 2 aliphatic rings. The van der Waals surface area contributed by atoms with Crippen molar-refractivity contribution in [1.29, 1.82) is 0 Å². The third kappa shape index (κ3) is 5.33. The number of nitrogens with one attached hydrogen (secondary N) is 3. The molecular formula is C23H33N6O+. The Morgan fingerprint density at radius 1 is 1.10 bits per heavy atom. The van der Waals surface area contributed by atoms with Gasteiger partial charge in [0.1, 0.15) is 10.7 Å². The lowest BCUT2D eigenvalue weighted by molar-refractivity contribution is -0.558. The smallest absolute Gasteiger partial charge is 0.247 e. The fourth-order valence-electron chi connectivity index (χ4n) is 4.55. The van der Waals surface area contributed by atoms with Crippen molar-refractivity contribution >= 4 is 11.6 Å². The molecule has 3 N–H and O–H groups in total. The minimum atomic E-state index is -0.0730. The van der Waals surface area contributed by atoms with E-state index in [9.17, 15) is 4.91 Å². The van der Waals surface area contributed by atoms with Gasteiger partial charge in [-0.05, 0) is 62.9 Å². The molecule has 1 unspecified atom stereocenters. The maximum absolute atomic E-state index is 12.4. The Morgan fingerprint density at radius 3 is 2.77 bits per heavy atom. The van der Waals surface area contributed by atoms with Gasteiger partial charge in [0.25, 0.3) is 0 Å². The number of hydrazine groups is 1. The molecule has 2 aromatic heterocycles. The standard InChI is InChI=1S/C23H33N6O/c1-17(18-7-3-2-4-8-18)26-22-11-5-10-21(27-22)19-12-14-25-23(15-19)28-29(30)20-9-6-13-24-16-20/h5,10-12,14-15,17-18,20,24H,2-4,6-9,13,16H2,1H3,(H,26,27)(H,25,28,30)/q+1/t17-,20?/m0/s1. The molecule has 30 heavy (non-hydrogen) atoms.